The van der Waals surface area contributed by atoms with Crippen LogP contribution in [0.25, 0.3) is 5.82 Å². The van der Waals surface area contributed by atoms with Crippen LogP contribution in [0.1, 0.15) is 37.7 Å². The van der Waals surface area contributed by atoms with Crippen molar-refractivity contribution >= 4 is 5.96 Å². The van der Waals surface area contributed by atoms with E-state index in [0.29, 0.717) is 6.54 Å². The average molecular weight is 370 g/mol. The Balaban J connectivity index is 1.39. The van der Waals surface area contributed by atoms with E-state index in [1.165, 1.54) is 45.3 Å². The Morgan fingerprint density at radius 1 is 1.15 bits per heavy atom. The highest BCUT2D eigenvalue weighted by molar-refractivity contribution is 5.79. The maximum Gasteiger partial charge on any atom is 0.191 e. The van der Waals surface area contributed by atoms with E-state index in [1.54, 1.807) is 10.9 Å². The van der Waals surface area contributed by atoms with Crippen molar-refractivity contribution in [1.29, 1.82) is 0 Å². The molecule has 3 heterocycles. The van der Waals surface area contributed by atoms with Crippen molar-refractivity contribution < 1.29 is 0 Å². The smallest absolute Gasteiger partial charge is 0.191 e. The molecule has 7 heteroatoms. The summed E-state index contributed by atoms with van der Waals surface area (Å²) in [6.45, 7) is 5.32. The van der Waals surface area contributed by atoms with E-state index in [9.17, 15) is 0 Å². The first-order chi connectivity index (χ1) is 13.3. The Bertz CT molecular complexity index is 688. The molecule has 7 nitrogen and oxygen atoms in total. The lowest BCUT2D eigenvalue weighted by atomic mass is 10.2. The summed E-state index contributed by atoms with van der Waals surface area (Å²) in [7, 11) is 1.81. The zero-order valence-electron chi connectivity index (χ0n) is 16.3. The third-order valence-corrected chi connectivity index (χ3v) is 4.87. The lowest BCUT2D eigenvalue weighted by molar-refractivity contribution is 0.282. The Labute approximate surface area is 161 Å². The molecule has 2 aromatic heterocycles. The quantitative estimate of drug-likeness (QED) is 0.445. The molecule has 2 N–H and O–H groups in total. The molecule has 1 fully saturated rings. The number of likely N-dealkylation sites (tertiary alicyclic amines) is 1. The summed E-state index contributed by atoms with van der Waals surface area (Å²) in [5, 5.41) is 11.0. The number of hydrogen-bond donors (Lipinski definition) is 2. The van der Waals surface area contributed by atoms with Gasteiger partial charge >= 0.3 is 0 Å². The van der Waals surface area contributed by atoms with Crippen LogP contribution in [0.4, 0.5) is 0 Å². The van der Waals surface area contributed by atoms with Crippen molar-refractivity contribution in [3.8, 4) is 5.82 Å². The fourth-order valence-corrected chi connectivity index (χ4v) is 3.38. The molecule has 0 unspecified atom stereocenters. The van der Waals surface area contributed by atoms with Gasteiger partial charge in [0.05, 0.1) is 0 Å². The summed E-state index contributed by atoms with van der Waals surface area (Å²) in [6, 6.07) is 5.93. The SMILES string of the molecule is CN=C(NCCCN1CCCCCC1)NCc1ccnc(-n2cccn2)c1. The van der Waals surface area contributed by atoms with Crippen molar-refractivity contribution in [2.24, 2.45) is 4.99 Å². The molecule has 146 valence electrons. The van der Waals surface area contributed by atoms with Crippen molar-refractivity contribution in [2.45, 2.75) is 38.6 Å². The average Bonchev–Trinajstić information content (AvgIpc) is 3.12. The Morgan fingerprint density at radius 3 is 2.74 bits per heavy atom. The van der Waals surface area contributed by atoms with Crippen LogP contribution in [-0.4, -0.2) is 58.9 Å². The molecule has 0 atom stereocenters. The highest BCUT2D eigenvalue weighted by Crippen LogP contribution is 2.09. The molecule has 0 radical (unpaired) electrons. The minimum absolute atomic E-state index is 0.697. The zero-order chi connectivity index (χ0) is 18.7. The maximum absolute atomic E-state index is 4.36. The van der Waals surface area contributed by atoms with Gasteiger partial charge in [-0.1, -0.05) is 12.8 Å². The first kappa shape index (κ1) is 19.4. The van der Waals surface area contributed by atoms with Gasteiger partial charge in [0.1, 0.15) is 0 Å². The number of aromatic nitrogens is 3. The first-order valence-electron chi connectivity index (χ1n) is 9.97. The first-order valence-corrected chi connectivity index (χ1v) is 9.97. The van der Waals surface area contributed by atoms with E-state index in [-0.39, 0.29) is 0 Å². The second kappa shape index (κ2) is 10.7. The normalized spacial score (nSPS) is 16.1. The molecule has 1 aliphatic rings. The molecule has 3 rings (SSSR count). The van der Waals surface area contributed by atoms with Gasteiger partial charge in [0.2, 0.25) is 0 Å². The predicted molar refractivity (Wildman–Crippen MR) is 109 cm³/mol. The molecule has 0 saturated carbocycles. The number of pyridine rings is 1. The number of aliphatic imine (C=N–C) groups is 1. The van der Waals surface area contributed by atoms with Crippen LogP contribution in [0, 0.1) is 0 Å². The molecule has 1 aliphatic heterocycles. The highest BCUT2D eigenvalue weighted by Gasteiger charge is 2.08. The zero-order valence-corrected chi connectivity index (χ0v) is 16.3. The summed E-state index contributed by atoms with van der Waals surface area (Å²) in [5.41, 5.74) is 1.14. The number of rotatable bonds is 7. The predicted octanol–water partition coefficient (Wildman–Crippen LogP) is 2.20. The van der Waals surface area contributed by atoms with E-state index >= 15 is 0 Å². The molecule has 0 aliphatic carbocycles. The van der Waals surface area contributed by atoms with Gasteiger partial charge in [-0.25, -0.2) is 9.67 Å². The monoisotopic (exact) mass is 369 g/mol. The fourth-order valence-electron chi connectivity index (χ4n) is 3.38. The Morgan fingerprint density at radius 2 is 2.00 bits per heavy atom. The molecule has 0 aromatic carbocycles. The molecular formula is C20H31N7. The van der Waals surface area contributed by atoms with Crippen LogP contribution in [0.15, 0.2) is 41.8 Å². The summed E-state index contributed by atoms with van der Waals surface area (Å²) in [4.78, 5) is 11.3. The van der Waals surface area contributed by atoms with Gasteiger partial charge in [-0.15, -0.1) is 0 Å². The summed E-state index contributed by atoms with van der Waals surface area (Å²) >= 11 is 0. The minimum Gasteiger partial charge on any atom is -0.356 e. The van der Waals surface area contributed by atoms with Gasteiger partial charge < -0.3 is 15.5 Å². The number of nitrogens with one attached hydrogen (secondary N) is 2. The van der Waals surface area contributed by atoms with E-state index in [4.69, 9.17) is 0 Å². The van der Waals surface area contributed by atoms with Crippen molar-refractivity contribution in [3.05, 3.63) is 42.4 Å². The van der Waals surface area contributed by atoms with Gasteiger partial charge in [-0.2, -0.15) is 5.10 Å². The standard InChI is InChI=1S/C20H31N7/c1-21-20(23-9-6-14-26-12-4-2-3-5-13-26)24-17-18-8-11-22-19(16-18)27-15-7-10-25-27/h7-8,10-11,15-16H,2-6,9,12-14,17H2,1H3,(H2,21,23,24). The number of guanidine groups is 1. The van der Waals surface area contributed by atoms with Gasteiger partial charge in [0.25, 0.3) is 0 Å². The minimum atomic E-state index is 0.697. The summed E-state index contributed by atoms with van der Waals surface area (Å²) < 4.78 is 1.76. The highest BCUT2D eigenvalue weighted by atomic mass is 15.3. The third kappa shape index (κ3) is 6.36. The largest absolute Gasteiger partial charge is 0.356 e. The van der Waals surface area contributed by atoms with Gasteiger partial charge in [-0.05, 0) is 62.7 Å². The van der Waals surface area contributed by atoms with Crippen LogP contribution in [0.2, 0.25) is 0 Å². The molecule has 0 spiro atoms. The van der Waals surface area contributed by atoms with Crippen molar-refractivity contribution in [3.63, 3.8) is 0 Å². The second-order valence-electron chi connectivity index (χ2n) is 6.93. The van der Waals surface area contributed by atoms with E-state index in [1.807, 2.05) is 37.6 Å². The molecule has 1 saturated heterocycles. The van der Waals surface area contributed by atoms with Crippen LogP contribution in [0.5, 0.6) is 0 Å². The number of hydrogen-bond acceptors (Lipinski definition) is 4. The van der Waals surface area contributed by atoms with Gasteiger partial charge in [0.15, 0.2) is 11.8 Å². The van der Waals surface area contributed by atoms with Crippen LogP contribution >= 0.6 is 0 Å². The number of nitrogens with zero attached hydrogens (tertiary/aromatic N) is 5. The lowest BCUT2D eigenvalue weighted by Crippen LogP contribution is -2.38. The van der Waals surface area contributed by atoms with E-state index < -0.39 is 0 Å². The van der Waals surface area contributed by atoms with Crippen LogP contribution in [-0.2, 0) is 6.54 Å². The summed E-state index contributed by atoms with van der Waals surface area (Å²) in [5.74, 6) is 1.66. The molecule has 0 bridgehead atoms. The van der Waals surface area contributed by atoms with Crippen LogP contribution in [0.3, 0.4) is 0 Å². The third-order valence-electron chi connectivity index (χ3n) is 4.87. The van der Waals surface area contributed by atoms with Gasteiger partial charge in [0, 0.05) is 38.7 Å². The van der Waals surface area contributed by atoms with Gasteiger partial charge in [-0.3, -0.25) is 4.99 Å². The molecule has 2 aromatic rings. The Hall–Kier alpha value is -2.41. The molecule has 0 amide bonds. The van der Waals surface area contributed by atoms with E-state index in [0.717, 1.165) is 30.3 Å². The fraction of sp³-hybridized carbons (Fsp3) is 0.550. The van der Waals surface area contributed by atoms with E-state index in [2.05, 4.69) is 30.6 Å². The van der Waals surface area contributed by atoms with Crippen molar-refractivity contribution in [2.75, 3.05) is 33.2 Å². The maximum atomic E-state index is 4.36. The molecular weight excluding hydrogens is 338 g/mol. The second-order valence-corrected chi connectivity index (χ2v) is 6.93. The topological polar surface area (TPSA) is 70.4 Å². The summed E-state index contributed by atoms with van der Waals surface area (Å²) in [6.07, 6.45) is 12.1. The van der Waals surface area contributed by atoms with Crippen LogP contribution < -0.4 is 10.6 Å². The lowest BCUT2D eigenvalue weighted by Gasteiger charge is -2.20. The molecule has 27 heavy (non-hydrogen) atoms. The Kier molecular flexibility index (Phi) is 7.65. The van der Waals surface area contributed by atoms with Crippen molar-refractivity contribution in [1.82, 2.24) is 30.3 Å².